The Morgan fingerprint density at radius 1 is 1.54 bits per heavy atom. The van der Waals surface area contributed by atoms with Crippen molar-refractivity contribution < 1.29 is 9.53 Å². The van der Waals surface area contributed by atoms with Crippen LogP contribution in [0.2, 0.25) is 0 Å². The van der Waals surface area contributed by atoms with Gasteiger partial charge < -0.3 is 4.74 Å². The molecule has 0 amide bonds. The molecule has 0 spiro atoms. The summed E-state index contributed by atoms with van der Waals surface area (Å²) in [6, 6.07) is -0.103. The molecule has 1 rings (SSSR count). The molecule has 0 aliphatic carbocycles. The first kappa shape index (κ1) is 13.1. The summed E-state index contributed by atoms with van der Waals surface area (Å²) in [6.45, 7) is 5.65. The van der Waals surface area contributed by atoms with E-state index in [9.17, 15) is 4.79 Å². The predicted molar refractivity (Wildman–Crippen MR) is 57.3 cm³/mol. The van der Waals surface area contributed by atoms with Gasteiger partial charge in [0, 0.05) is 11.6 Å². The lowest BCUT2D eigenvalue weighted by molar-refractivity contribution is -0.156. The van der Waals surface area contributed by atoms with Gasteiger partial charge in [0.2, 0.25) is 0 Å². The molecule has 1 aliphatic heterocycles. The minimum Gasteiger partial charge on any atom is -0.459 e. The first-order chi connectivity index (χ1) is 5.49. The first-order valence-electron chi connectivity index (χ1n) is 4.03. The number of hydrogen-bond acceptors (Lipinski definition) is 4. The fourth-order valence-corrected chi connectivity index (χ4v) is 1.85. The van der Waals surface area contributed by atoms with E-state index >= 15 is 0 Å². The molecule has 1 fully saturated rings. The molecule has 1 N–H and O–H groups in total. The van der Waals surface area contributed by atoms with Crippen LogP contribution in [-0.2, 0) is 9.53 Å². The second-order valence-electron chi connectivity index (χ2n) is 3.81. The van der Waals surface area contributed by atoms with Crippen molar-refractivity contribution in [2.75, 3.05) is 11.6 Å². The molecule has 0 aromatic rings. The number of hydrogen-bond donors (Lipinski definition) is 1. The Morgan fingerprint density at radius 3 is 2.54 bits per heavy atom. The van der Waals surface area contributed by atoms with Gasteiger partial charge in [0.05, 0.1) is 0 Å². The minimum atomic E-state index is -0.369. The molecule has 0 bridgehead atoms. The van der Waals surface area contributed by atoms with Gasteiger partial charge in [0.25, 0.3) is 0 Å². The lowest BCUT2D eigenvalue weighted by Crippen LogP contribution is -2.38. The SMILES string of the molecule is CC(C)(C)OC(=O)[C@@H]1CSCN1.Cl. The molecule has 0 saturated carbocycles. The Hall–Kier alpha value is 0.0700. The van der Waals surface area contributed by atoms with Crippen LogP contribution >= 0.6 is 24.2 Å². The number of halogens is 1. The number of carbonyl (C=O) groups is 1. The standard InChI is InChI=1S/C8H15NO2S.ClH/c1-8(2,3)11-7(10)6-4-12-5-9-6;/h6,9H,4-5H2,1-3H3;1H/t6-;/m0./s1. The number of ether oxygens (including phenoxy) is 1. The maximum absolute atomic E-state index is 11.4. The topological polar surface area (TPSA) is 38.3 Å². The number of nitrogens with one attached hydrogen (secondary N) is 1. The van der Waals surface area contributed by atoms with Crippen molar-refractivity contribution in [3.8, 4) is 0 Å². The van der Waals surface area contributed by atoms with E-state index in [1.807, 2.05) is 20.8 Å². The third kappa shape index (κ3) is 4.74. The molecule has 0 aromatic carbocycles. The Morgan fingerprint density at radius 2 is 2.15 bits per heavy atom. The van der Waals surface area contributed by atoms with Gasteiger partial charge in [-0.25, -0.2) is 0 Å². The van der Waals surface area contributed by atoms with Gasteiger partial charge in [-0.05, 0) is 20.8 Å². The molecule has 13 heavy (non-hydrogen) atoms. The van der Waals surface area contributed by atoms with Crippen LogP contribution in [-0.4, -0.2) is 29.2 Å². The third-order valence-corrected chi connectivity index (χ3v) is 2.35. The lowest BCUT2D eigenvalue weighted by Gasteiger charge is -2.21. The van der Waals surface area contributed by atoms with E-state index in [0.29, 0.717) is 0 Å². The summed E-state index contributed by atoms with van der Waals surface area (Å²) in [7, 11) is 0. The van der Waals surface area contributed by atoms with Gasteiger partial charge in [-0.15, -0.1) is 24.2 Å². The van der Waals surface area contributed by atoms with Gasteiger partial charge in [0.15, 0.2) is 0 Å². The Balaban J connectivity index is 0.00000144. The molecule has 5 heteroatoms. The molecule has 1 heterocycles. The van der Waals surface area contributed by atoms with Crippen molar-refractivity contribution in [2.24, 2.45) is 0 Å². The highest BCUT2D eigenvalue weighted by Gasteiger charge is 2.27. The van der Waals surface area contributed by atoms with Crippen molar-refractivity contribution in [1.29, 1.82) is 0 Å². The van der Waals surface area contributed by atoms with Crippen LogP contribution < -0.4 is 5.32 Å². The van der Waals surface area contributed by atoms with E-state index in [2.05, 4.69) is 5.32 Å². The molecular formula is C8H16ClNO2S. The largest absolute Gasteiger partial charge is 0.459 e. The Bertz CT molecular complexity index is 175. The first-order valence-corrected chi connectivity index (χ1v) is 5.18. The molecule has 1 atom stereocenters. The summed E-state index contributed by atoms with van der Waals surface area (Å²) >= 11 is 1.72. The van der Waals surface area contributed by atoms with Crippen LogP contribution in [0.3, 0.4) is 0 Å². The highest BCUT2D eigenvalue weighted by Crippen LogP contribution is 2.14. The minimum absolute atomic E-state index is 0. The third-order valence-electron chi connectivity index (χ3n) is 1.41. The average molecular weight is 226 g/mol. The zero-order valence-electron chi connectivity index (χ0n) is 8.12. The zero-order chi connectivity index (χ0) is 9.19. The van der Waals surface area contributed by atoms with Crippen LogP contribution in [0, 0.1) is 0 Å². The Labute approximate surface area is 89.4 Å². The lowest BCUT2D eigenvalue weighted by atomic mass is 10.2. The summed E-state index contributed by atoms with van der Waals surface area (Å²) < 4.78 is 5.21. The van der Waals surface area contributed by atoms with Crippen LogP contribution in [0.15, 0.2) is 0 Å². The second-order valence-corrected chi connectivity index (χ2v) is 4.84. The molecule has 1 aliphatic rings. The van der Waals surface area contributed by atoms with E-state index in [1.54, 1.807) is 11.8 Å². The van der Waals surface area contributed by atoms with Crippen molar-refractivity contribution >= 4 is 30.1 Å². The van der Waals surface area contributed by atoms with Gasteiger partial charge in [-0.1, -0.05) is 0 Å². The van der Waals surface area contributed by atoms with E-state index in [1.165, 1.54) is 0 Å². The summed E-state index contributed by atoms with van der Waals surface area (Å²) in [5.41, 5.74) is -0.369. The summed E-state index contributed by atoms with van der Waals surface area (Å²) in [5.74, 6) is 1.55. The monoisotopic (exact) mass is 225 g/mol. The molecular weight excluding hydrogens is 210 g/mol. The fourth-order valence-electron chi connectivity index (χ4n) is 0.920. The van der Waals surface area contributed by atoms with Crippen LogP contribution in [0.1, 0.15) is 20.8 Å². The zero-order valence-corrected chi connectivity index (χ0v) is 9.76. The van der Waals surface area contributed by atoms with Gasteiger partial charge in [-0.2, -0.15) is 0 Å². The quantitative estimate of drug-likeness (QED) is 0.685. The van der Waals surface area contributed by atoms with Gasteiger partial charge in [0.1, 0.15) is 11.6 Å². The molecule has 0 unspecified atom stereocenters. The molecule has 78 valence electrons. The molecule has 1 saturated heterocycles. The predicted octanol–water partition coefficient (Wildman–Crippen LogP) is 1.41. The fraction of sp³-hybridized carbons (Fsp3) is 0.875. The molecule has 0 aromatic heterocycles. The maximum Gasteiger partial charge on any atom is 0.324 e. The summed E-state index contributed by atoms with van der Waals surface area (Å²) in [6.07, 6.45) is 0. The summed E-state index contributed by atoms with van der Waals surface area (Å²) in [4.78, 5) is 11.4. The Kier molecular flexibility index (Phi) is 5.10. The molecule has 3 nitrogen and oxygen atoms in total. The van der Waals surface area contributed by atoms with E-state index in [4.69, 9.17) is 4.74 Å². The number of carbonyl (C=O) groups excluding carboxylic acids is 1. The van der Waals surface area contributed by atoms with Crippen molar-refractivity contribution in [3.63, 3.8) is 0 Å². The van der Waals surface area contributed by atoms with Crippen LogP contribution in [0.4, 0.5) is 0 Å². The number of thioether (sulfide) groups is 1. The van der Waals surface area contributed by atoms with Crippen LogP contribution in [0.25, 0.3) is 0 Å². The van der Waals surface area contributed by atoms with E-state index in [-0.39, 0.29) is 30.0 Å². The van der Waals surface area contributed by atoms with E-state index in [0.717, 1.165) is 11.6 Å². The molecule has 0 radical (unpaired) electrons. The van der Waals surface area contributed by atoms with Crippen molar-refractivity contribution in [1.82, 2.24) is 5.32 Å². The maximum atomic E-state index is 11.4. The van der Waals surface area contributed by atoms with Gasteiger partial charge in [-0.3, -0.25) is 10.1 Å². The highest BCUT2D eigenvalue weighted by molar-refractivity contribution is 7.99. The number of esters is 1. The average Bonchev–Trinajstić information content (AvgIpc) is 2.32. The summed E-state index contributed by atoms with van der Waals surface area (Å²) in [5, 5.41) is 3.07. The van der Waals surface area contributed by atoms with Crippen molar-refractivity contribution in [3.05, 3.63) is 0 Å². The van der Waals surface area contributed by atoms with Crippen LogP contribution in [0.5, 0.6) is 0 Å². The smallest absolute Gasteiger partial charge is 0.324 e. The normalized spacial score (nSPS) is 22.2. The van der Waals surface area contributed by atoms with Gasteiger partial charge >= 0.3 is 5.97 Å². The van der Waals surface area contributed by atoms with E-state index < -0.39 is 0 Å². The number of rotatable bonds is 1. The van der Waals surface area contributed by atoms with Crippen molar-refractivity contribution in [2.45, 2.75) is 32.4 Å². The second kappa shape index (κ2) is 5.08. The highest BCUT2D eigenvalue weighted by atomic mass is 35.5.